The number of nitrogens with zero attached hydrogens (tertiary/aromatic N) is 2. The zero-order chi connectivity index (χ0) is 13.5. The van der Waals surface area contributed by atoms with Gasteiger partial charge in [-0.1, -0.05) is 0 Å². The summed E-state index contributed by atoms with van der Waals surface area (Å²) in [7, 11) is 17.0. The van der Waals surface area contributed by atoms with E-state index in [1.165, 1.54) is 0 Å². The van der Waals surface area contributed by atoms with E-state index in [-0.39, 0.29) is 0 Å². The Morgan fingerprint density at radius 1 is 0.667 bits per heavy atom. The Hall–Kier alpha value is 0.128. The molecule has 0 saturated heterocycles. The molecule has 0 aliphatic heterocycles. The summed E-state index contributed by atoms with van der Waals surface area (Å²) >= 11 is -6.02. The second kappa shape index (κ2) is 7.41. The molecule has 0 aliphatic rings. The van der Waals surface area contributed by atoms with Crippen LogP contribution in [-0.2, 0) is 23.5 Å². The van der Waals surface area contributed by atoms with Crippen LogP contribution in [0.1, 0.15) is 0 Å². The van der Waals surface area contributed by atoms with E-state index in [2.05, 4.69) is 56.4 Å². The Kier molecular flexibility index (Phi) is 10.1. The first kappa shape index (κ1) is 20.5. The fraction of sp³-hybridized carbons (Fsp3) is 1.00. The minimum atomic E-state index is -6.02. The van der Waals surface area contributed by atoms with E-state index >= 15 is 0 Å². The van der Waals surface area contributed by atoms with Gasteiger partial charge in [-0.05, 0) is 0 Å². The van der Waals surface area contributed by atoms with Gasteiger partial charge in [0.2, 0.25) is 0 Å². The fourth-order valence-electron chi connectivity index (χ4n) is 0. The van der Waals surface area contributed by atoms with Gasteiger partial charge in [-0.15, -0.1) is 0 Å². The van der Waals surface area contributed by atoms with E-state index in [1.54, 1.807) is 0 Å². The second-order valence-electron chi connectivity index (χ2n) is 5.77. The first-order chi connectivity index (χ1) is 6.00. The molecule has 0 radical (unpaired) electrons. The number of quaternary nitrogens is 2. The number of hydrogen-bond donors (Lipinski definition) is 0. The molecule has 0 bridgehead atoms. The van der Waals surface area contributed by atoms with Crippen molar-refractivity contribution in [3.63, 3.8) is 0 Å². The van der Waals surface area contributed by atoms with E-state index in [0.29, 0.717) is 0 Å². The zero-order valence-electron chi connectivity index (χ0n) is 10.9. The molecule has 0 atom stereocenters. The van der Waals surface area contributed by atoms with Crippen LogP contribution in [0.15, 0.2) is 0 Å². The summed E-state index contributed by atoms with van der Waals surface area (Å²) in [4.78, 5) is 0. The Bertz CT molecular complexity index is 204. The predicted octanol–water partition coefficient (Wildman–Crippen LogP) is -1.97. The molecule has 0 unspecified atom stereocenters. The van der Waals surface area contributed by atoms with E-state index < -0.39 is 16.7 Å². The molecule has 0 aromatic heterocycles. The summed E-state index contributed by atoms with van der Waals surface area (Å²) in [6.07, 6.45) is 0. The van der Waals surface area contributed by atoms with Crippen molar-refractivity contribution < 1.29 is 40.0 Å². The normalized spacial score (nSPS) is 11.9. The Labute approximate surface area is 96.6 Å². The SMILES string of the molecule is C[N+](C)(C)C.C[N+](C)(C)C.[O]=[Mo](=[O])([O-])[O-]. The molecule has 0 aromatic rings. The van der Waals surface area contributed by atoms with Crippen molar-refractivity contribution in [2.24, 2.45) is 0 Å². The Morgan fingerprint density at radius 3 is 0.667 bits per heavy atom. The average Bonchev–Trinajstić information content (AvgIpc) is 1.41. The van der Waals surface area contributed by atoms with Crippen molar-refractivity contribution in [3.8, 4) is 0 Å². The van der Waals surface area contributed by atoms with Gasteiger partial charge in [0.15, 0.2) is 0 Å². The van der Waals surface area contributed by atoms with E-state index in [9.17, 15) is 0 Å². The molecular weight excluding hydrogens is 284 g/mol. The topological polar surface area (TPSA) is 80.3 Å². The van der Waals surface area contributed by atoms with E-state index in [4.69, 9.17) is 14.3 Å². The van der Waals surface area contributed by atoms with Crippen LogP contribution in [0.25, 0.3) is 0 Å². The van der Waals surface area contributed by atoms with Crippen LogP contribution in [-0.4, -0.2) is 65.3 Å². The fourth-order valence-corrected chi connectivity index (χ4v) is 0. The second-order valence-corrected chi connectivity index (χ2v) is 7.78. The van der Waals surface area contributed by atoms with E-state index in [0.717, 1.165) is 8.97 Å². The van der Waals surface area contributed by atoms with Gasteiger partial charge in [-0.3, -0.25) is 0 Å². The summed E-state index contributed by atoms with van der Waals surface area (Å²) in [5.74, 6) is 0. The van der Waals surface area contributed by atoms with Crippen LogP contribution in [0.4, 0.5) is 0 Å². The number of rotatable bonds is 0. The number of hydrogen-bond acceptors (Lipinski definition) is 4. The molecule has 15 heavy (non-hydrogen) atoms. The maximum absolute atomic E-state index is 8.63. The predicted molar refractivity (Wildman–Crippen MR) is 49.3 cm³/mol. The molecule has 0 N–H and O–H groups in total. The first-order valence-corrected chi connectivity index (χ1v) is 7.52. The summed E-state index contributed by atoms with van der Waals surface area (Å²) < 4.78 is 36.5. The first-order valence-electron chi connectivity index (χ1n) is 4.24. The van der Waals surface area contributed by atoms with E-state index in [1.807, 2.05) is 0 Å². The van der Waals surface area contributed by atoms with Gasteiger partial charge in [0, 0.05) is 0 Å². The van der Waals surface area contributed by atoms with Gasteiger partial charge in [0.1, 0.15) is 0 Å². The van der Waals surface area contributed by atoms with Crippen molar-refractivity contribution >= 4 is 0 Å². The van der Waals surface area contributed by atoms with Crippen LogP contribution in [0.5, 0.6) is 0 Å². The average molecular weight is 308 g/mol. The molecule has 0 heterocycles. The van der Waals surface area contributed by atoms with Crippen LogP contribution >= 0.6 is 0 Å². The third-order valence-corrected chi connectivity index (χ3v) is 0. The van der Waals surface area contributed by atoms with Gasteiger partial charge >= 0.3 is 31.1 Å². The molecule has 0 fully saturated rings. The van der Waals surface area contributed by atoms with Crippen molar-refractivity contribution in [2.75, 3.05) is 56.4 Å². The van der Waals surface area contributed by atoms with Crippen molar-refractivity contribution in [2.45, 2.75) is 0 Å². The maximum atomic E-state index is 8.63. The van der Waals surface area contributed by atoms with Crippen LogP contribution in [0.2, 0.25) is 0 Å². The summed E-state index contributed by atoms with van der Waals surface area (Å²) in [6.45, 7) is 0. The van der Waals surface area contributed by atoms with Crippen molar-refractivity contribution in [1.29, 1.82) is 0 Å². The monoisotopic (exact) mass is 310 g/mol. The van der Waals surface area contributed by atoms with Gasteiger partial charge in [0.25, 0.3) is 0 Å². The molecular formula is C8H24MoN2O4. The van der Waals surface area contributed by atoms with Crippen LogP contribution < -0.4 is 7.52 Å². The van der Waals surface area contributed by atoms with Gasteiger partial charge < -0.3 is 8.97 Å². The zero-order valence-corrected chi connectivity index (χ0v) is 12.9. The molecule has 0 aliphatic carbocycles. The summed E-state index contributed by atoms with van der Waals surface area (Å²) in [5.41, 5.74) is 0. The third-order valence-electron chi connectivity index (χ3n) is 0. The van der Waals surface area contributed by atoms with Crippen molar-refractivity contribution in [1.82, 2.24) is 0 Å². The minimum absolute atomic E-state index is 1.00. The molecule has 0 saturated carbocycles. The molecule has 96 valence electrons. The molecule has 0 amide bonds. The Balaban J connectivity index is -0.000000144. The standard InChI is InChI=1S/2C4H12N.Mo.4O/c2*1-5(2,3)4;;;;;/h2*1-4H3;;;;;/q2*+1;;;;2*-1. The van der Waals surface area contributed by atoms with Gasteiger partial charge in [-0.2, -0.15) is 0 Å². The van der Waals surface area contributed by atoms with Crippen LogP contribution in [0.3, 0.4) is 0 Å². The van der Waals surface area contributed by atoms with Crippen LogP contribution in [0, 0.1) is 0 Å². The Morgan fingerprint density at radius 2 is 0.667 bits per heavy atom. The summed E-state index contributed by atoms with van der Waals surface area (Å²) in [5, 5.41) is 0. The van der Waals surface area contributed by atoms with Gasteiger partial charge in [0.05, 0.1) is 56.4 Å². The van der Waals surface area contributed by atoms with Crippen molar-refractivity contribution in [3.05, 3.63) is 0 Å². The molecule has 0 aromatic carbocycles. The molecule has 0 rings (SSSR count). The molecule has 6 nitrogen and oxygen atoms in total. The molecule has 0 spiro atoms. The third kappa shape index (κ3) is 126000. The van der Waals surface area contributed by atoms with Gasteiger partial charge in [-0.25, -0.2) is 0 Å². The summed E-state index contributed by atoms with van der Waals surface area (Å²) in [6, 6.07) is 0. The molecule has 7 heteroatoms. The quantitative estimate of drug-likeness (QED) is 0.384.